The van der Waals surface area contributed by atoms with Crippen molar-refractivity contribution in [2.24, 2.45) is 0 Å². The highest BCUT2D eigenvalue weighted by atomic mass is 32.1. The van der Waals surface area contributed by atoms with Gasteiger partial charge >= 0.3 is 6.61 Å². The van der Waals surface area contributed by atoms with E-state index in [1.165, 1.54) is 24.4 Å². The van der Waals surface area contributed by atoms with E-state index in [4.69, 9.17) is 0 Å². The monoisotopic (exact) mass is 272 g/mol. The van der Waals surface area contributed by atoms with Gasteiger partial charge in [-0.25, -0.2) is 4.98 Å². The molecule has 0 amide bonds. The number of halogens is 2. The third-order valence-corrected chi connectivity index (χ3v) is 2.95. The summed E-state index contributed by atoms with van der Waals surface area (Å²) in [7, 11) is 0. The van der Waals surface area contributed by atoms with Crippen molar-refractivity contribution in [1.29, 1.82) is 0 Å². The van der Waals surface area contributed by atoms with Gasteiger partial charge in [0.2, 0.25) is 0 Å². The number of nitro groups is 1. The maximum Gasteiger partial charge on any atom is 0.389 e. The maximum atomic E-state index is 12.0. The van der Waals surface area contributed by atoms with Crippen molar-refractivity contribution >= 4 is 17.0 Å². The van der Waals surface area contributed by atoms with Crippen LogP contribution in [0.4, 0.5) is 14.5 Å². The van der Waals surface area contributed by atoms with Crippen LogP contribution in [0.5, 0.6) is 5.19 Å². The highest BCUT2D eigenvalue weighted by Crippen LogP contribution is 2.32. The van der Waals surface area contributed by atoms with E-state index in [0.29, 0.717) is 10.4 Å². The van der Waals surface area contributed by atoms with Crippen LogP contribution in [0.3, 0.4) is 0 Å². The minimum atomic E-state index is -2.94. The van der Waals surface area contributed by atoms with Crippen LogP contribution in [-0.4, -0.2) is 16.5 Å². The summed E-state index contributed by atoms with van der Waals surface area (Å²) in [5, 5.41) is 10.4. The van der Waals surface area contributed by atoms with Gasteiger partial charge < -0.3 is 4.74 Å². The molecular weight excluding hydrogens is 266 g/mol. The van der Waals surface area contributed by atoms with Gasteiger partial charge in [0.1, 0.15) is 0 Å². The summed E-state index contributed by atoms with van der Waals surface area (Å²) in [6.07, 6.45) is 1.33. The number of alkyl halides is 2. The molecule has 0 N–H and O–H groups in total. The molecule has 0 aliphatic heterocycles. The van der Waals surface area contributed by atoms with Gasteiger partial charge in [-0.3, -0.25) is 10.1 Å². The summed E-state index contributed by atoms with van der Waals surface area (Å²) in [6, 6.07) is 5.84. The van der Waals surface area contributed by atoms with E-state index in [0.717, 1.165) is 11.3 Å². The lowest BCUT2D eigenvalue weighted by Gasteiger charge is -1.97. The minimum absolute atomic E-state index is 0.0720. The number of benzene rings is 1. The summed E-state index contributed by atoms with van der Waals surface area (Å²) in [5.41, 5.74) is 0.461. The second-order valence-electron chi connectivity index (χ2n) is 3.18. The minimum Gasteiger partial charge on any atom is -0.408 e. The van der Waals surface area contributed by atoms with Gasteiger partial charge in [-0.2, -0.15) is 8.78 Å². The normalized spacial score (nSPS) is 10.6. The third kappa shape index (κ3) is 2.77. The molecule has 0 bridgehead atoms. The number of rotatable bonds is 4. The van der Waals surface area contributed by atoms with E-state index in [1.54, 1.807) is 6.07 Å². The molecule has 8 heteroatoms. The predicted molar refractivity (Wildman–Crippen MR) is 60.8 cm³/mol. The van der Waals surface area contributed by atoms with Gasteiger partial charge in [0, 0.05) is 23.9 Å². The molecule has 0 unspecified atom stereocenters. The summed E-state index contributed by atoms with van der Waals surface area (Å²) >= 11 is 0.899. The first-order valence-electron chi connectivity index (χ1n) is 4.72. The molecular formula is C10H6F2N2O3S. The first-order chi connectivity index (χ1) is 8.56. The highest BCUT2D eigenvalue weighted by Gasteiger charge is 2.12. The molecule has 0 atom stereocenters. The Hall–Kier alpha value is -2.09. The topological polar surface area (TPSA) is 65.3 Å². The quantitative estimate of drug-likeness (QED) is 0.632. The summed E-state index contributed by atoms with van der Waals surface area (Å²) in [5.74, 6) is 0. The molecule has 2 rings (SSSR count). The summed E-state index contributed by atoms with van der Waals surface area (Å²) in [4.78, 5) is 14.3. The molecule has 0 radical (unpaired) electrons. The molecule has 0 saturated carbocycles. The smallest absolute Gasteiger partial charge is 0.389 e. The van der Waals surface area contributed by atoms with E-state index < -0.39 is 11.5 Å². The van der Waals surface area contributed by atoms with Crippen LogP contribution in [0.1, 0.15) is 0 Å². The number of nitrogens with zero attached hydrogens (tertiary/aromatic N) is 2. The molecule has 18 heavy (non-hydrogen) atoms. The van der Waals surface area contributed by atoms with Gasteiger partial charge in [0.05, 0.1) is 9.80 Å². The standard InChI is InChI=1S/C10H6F2N2O3S/c11-9(12)17-10-13-5-8(18-10)6-2-1-3-7(4-6)14(15)16/h1-5,9H. The fourth-order valence-corrected chi connectivity index (χ4v) is 2.06. The van der Waals surface area contributed by atoms with Crippen LogP contribution in [-0.2, 0) is 0 Å². The van der Waals surface area contributed by atoms with Crippen molar-refractivity contribution < 1.29 is 18.4 Å². The highest BCUT2D eigenvalue weighted by molar-refractivity contribution is 7.16. The van der Waals surface area contributed by atoms with Crippen molar-refractivity contribution in [3.63, 3.8) is 0 Å². The van der Waals surface area contributed by atoms with Crippen molar-refractivity contribution in [3.05, 3.63) is 40.6 Å². The first-order valence-corrected chi connectivity index (χ1v) is 5.53. The number of ether oxygens (including phenoxy) is 1. The van der Waals surface area contributed by atoms with Gasteiger partial charge in [-0.1, -0.05) is 23.5 Å². The molecule has 0 spiro atoms. The van der Waals surface area contributed by atoms with Crippen LogP contribution >= 0.6 is 11.3 Å². The van der Waals surface area contributed by atoms with Crippen LogP contribution in [0.2, 0.25) is 0 Å². The molecule has 94 valence electrons. The lowest BCUT2D eigenvalue weighted by Crippen LogP contribution is -2.00. The Balaban J connectivity index is 2.28. The van der Waals surface area contributed by atoms with Crippen molar-refractivity contribution in [2.75, 3.05) is 0 Å². The molecule has 0 saturated heterocycles. The molecule has 1 aromatic carbocycles. The van der Waals surface area contributed by atoms with E-state index in [9.17, 15) is 18.9 Å². The number of aromatic nitrogens is 1. The second kappa shape index (κ2) is 5.05. The van der Waals surface area contributed by atoms with Gasteiger partial charge in [0.15, 0.2) is 0 Å². The second-order valence-corrected chi connectivity index (χ2v) is 4.17. The Morgan fingerprint density at radius 3 is 2.89 bits per heavy atom. The zero-order chi connectivity index (χ0) is 13.1. The summed E-state index contributed by atoms with van der Waals surface area (Å²) in [6.45, 7) is -2.94. The molecule has 1 aromatic heterocycles. The summed E-state index contributed by atoms with van der Waals surface area (Å²) < 4.78 is 28.0. The molecule has 0 aliphatic carbocycles. The number of nitro benzene ring substituents is 1. The SMILES string of the molecule is O=[N+]([O-])c1cccc(-c2cnc(OC(F)F)s2)c1. The molecule has 0 fully saturated rings. The fraction of sp³-hybridized carbons (Fsp3) is 0.100. The zero-order valence-electron chi connectivity index (χ0n) is 8.75. The molecule has 0 aliphatic rings. The van der Waals surface area contributed by atoms with Crippen molar-refractivity contribution in [1.82, 2.24) is 4.98 Å². The number of hydrogen-bond acceptors (Lipinski definition) is 5. The average molecular weight is 272 g/mol. The zero-order valence-corrected chi connectivity index (χ0v) is 9.56. The van der Waals surface area contributed by atoms with E-state index in [-0.39, 0.29) is 10.9 Å². The van der Waals surface area contributed by atoms with Crippen LogP contribution in [0.15, 0.2) is 30.5 Å². The Morgan fingerprint density at radius 1 is 1.44 bits per heavy atom. The largest absolute Gasteiger partial charge is 0.408 e. The Labute approximate surface area is 104 Å². The maximum absolute atomic E-state index is 12.0. The number of non-ortho nitro benzene ring substituents is 1. The van der Waals surface area contributed by atoms with E-state index in [1.807, 2.05) is 0 Å². The Kier molecular flexibility index (Phi) is 3.47. The predicted octanol–water partition coefficient (Wildman–Crippen LogP) is 3.32. The molecule has 1 heterocycles. The van der Waals surface area contributed by atoms with Crippen LogP contribution in [0.25, 0.3) is 10.4 Å². The molecule has 5 nitrogen and oxygen atoms in total. The number of thiazole rings is 1. The van der Waals surface area contributed by atoms with Crippen LogP contribution in [0, 0.1) is 10.1 Å². The van der Waals surface area contributed by atoms with E-state index in [2.05, 4.69) is 9.72 Å². The fourth-order valence-electron chi connectivity index (χ4n) is 1.29. The van der Waals surface area contributed by atoms with Crippen molar-refractivity contribution in [2.45, 2.75) is 6.61 Å². The lowest BCUT2D eigenvalue weighted by atomic mass is 10.2. The van der Waals surface area contributed by atoms with Gasteiger partial charge in [0.25, 0.3) is 10.9 Å². The third-order valence-electron chi connectivity index (χ3n) is 2.02. The Bertz CT molecular complexity index is 574. The number of hydrogen-bond donors (Lipinski definition) is 0. The van der Waals surface area contributed by atoms with E-state index >= 15 is 0 Å². The molecule has 2 aromatic rings. The van der Waals surface area contributed by atoms with Gasteiger partial charge in [-0.15, -0.1) is 0 Å². The van der Waals surface area contributed by atoms with Gasteiger partial charge in [-0.05, 0) is 0 Å². The lowest BCUT2D eigenvalue weighted by molar-refractivity contribution is -0.384. The Morgan fingerprint density at radius 2 is 2.22 bits per heavy atom. The first kappa shape index (κ1) is 12.4. The average Bonchev–Trinajstić information content (AvgIpc) is 2.77. The van der Waals surface area contributed by atoms with Crippen molar-refractivity contribution in [3.8, 4) is 15.6 Å². The van der Waals surface area contributed by atoms with Crippen LogP contribution < -0.4 is 4.74 Å².